The van der Waals surface area contributed by atoms with Gasteiger partial charge in [0.2, 0.25) is 5.91 Å². The third-order valence-electron chi connectivity index (χ3n) is 3.97. The van der Waals surface area contributed by atoms with Gasteiger partial charge in [-0.1, -0.05) is 24.3 Å². The van der Waals surface area contributed by atoms with Gasteiger partial charge in [0, 0.05) is 18.4 Å². The van der Waals surface area contributed by atoms with E-state index in [2.05, 4.69) is 10.5 Å². The van der Waals surface area contributed by atoms with Gasteiger partial charge in [0.25, 0.3) is 0 Å². The molecular formula is C17H15FN2O3S. The summed E-state index contributed by atoms with van der Waals surface area (Å²) in [4.78, 5) is 12.5. The van der Waals surface area contributed by atoms with Gasteiger partial charge in [-0.25, -0.2) is 18.2 Å². The zero-order chi connectivity index (χ0) is 17.3. The Kier molecular flexibility index (Phi) is 4.19. The highest BCUT2D eigenvalue weighted by Gasteiger charge is 2.32. The van der Waals surface area contributed by atoms with Crippen LogP contribution in [0.4, 0.5) is 4.39 Å². The molecule has 0 bridgehead atoms. The third kappa shape index (κ3) is 3.21. The van der Waals surface area contributed by atoms with E-state index in [9.17, 15) is 17.6 Å². The van der Waals surface area contributed by atoms with Crippen LogP contribution in [0.2, 0.25) is 0 Å². The van der Waals surface area contributed by atoms with E-state index in [4.69, 9.17) is 0 Å². The highest BCUT2D eigenvalue weighted by molar-refractivity contribution is 7.90. The number of rotatable bonds is 3. The normalized spacial score (nSPS) is 20.7. The van der Waals surface area contributed by atoms with Gasteiger partial charge in [-0.3, -0.25) is 4.79 Å². The highest BCUT2D eigenvalue weighted by atomic mass is 32.2. The SMILES string of the molecule is CS(=O)(=O)c1ccc(C2C=NNC(=O)C2c2ccc(F)cc2)cc1. The number of nitrogens with zero attached hydrogens (tertiary/aromatic N) is 1. The number of hydrogen-bond donors (Lipinski definition) is 1. The first kappa shape index (κ1) is 16.3. The van der Waals surface area contributed by atoms with Crippen molar-refractivity contribution in [2.45, 2.75) is 16.7 Å². The molecule has 0 aliphatic carbocycles. The van der Waals surface area contributed by atoms with Crippen LogP contribution < -0.4 is 5.43 Å². The second kappa shape index (κ2) is 6.16. The van der Waals surface area contributed by atoms with E-state index in [0.717, 1.165) is 11.8 Å². The molecule has 0 spiro atoms. The average Bonchev–Trinajstić information content (AvgIpc) is 2.55. The Labute approximate surface area is 139 Å². The summed E-state index contributed by atoms with van der Waals surface area (Å²) in [6.07, 6.45) is 2.74. The van der Waals surface area contributed by atoms with Crippen molar-refractivity contribution in [3.8, 4) is 0 Å². The van der Waals surface area contributed by atoms with Crippen molar-refractivity contribution in [3.63, 3.8) is 0 Å². The lowest BCUT2D eigenvalue weighted by Gasteiger charge is -2.26. The molecular weight excluding hydrogens is 331 g/mol. The Bertz CT molecular complexity index is 890. The molecule has 1 heterocycles. The fraction of sp³-hybridized carbons (Fsp3) is 0.176. The first-order chi connectivity index (χ1) is 11.4. The number of benzene rings is 2. The van der Waals surface area contributed by atoms with Crippen molar-refractivity contribution in [1.29, 1.82) is 0 Å². The fourth-order valence-electron chi connectivity index (χ4n) is 2.74. The number of halogens is 1. The van der Waals surface area contributed by atoms with Crippen molar-refractivity contribution in [2.75, 3.05) is 6.26 Å². The van der Waals surface area contributed by atoms with Crippen LogP contribution in [0.25, 0.3) is 0 Å². The lowest BCUT2D eigenvalue weighted by Crippen LogP contribution is -2.34. The molecule has 7 heteroatoms. The molecule has 0 aromatic heterocycles. The maximum absolute atomic E-state index is 13.1. The van der Waals surface area contributed by atoms with E-state index < -0.39 is 15.8 Å². The number of amides is 1. The van der Waals surface area contributed by atoms with Gasteiger partial charge in [-0.2, -0.15) is 5.10 Å². The van der Waals surface area contributed by atoms with E-state index in [1.165, 1.54) is 24.3 Å². The summed E-state index contributed by atoms with van der Waals surface area (Å²) >= 11 is 0. The Morgan fingerprint density at radius 3 is 2.17 bits per heavy atom. The molecule has 2 aromatic rings. The van der Waals surface area contributed by atoms with Gasteiger partial charge >= 0.3 is 0 Å². The van der Waals surface area contributed by atoms with Crippen LogP contribution in [-0.2, 0) is 14.6 Å². The molecule has 0 saturated carbocycles. The Morgan fingerprint density at radius 2 is 1.58 bits per heavy atom. The van der Waals surface area contributed by atoms with Gasteiger partial charge in [-0.05, 0) is 35.4 Å². The molecule has 2 unspecified atom stereocenters. The third-order valence-corrected chi connectivity index (χ3v) is 5.10. The Balaban J connectivity index is 2.00. The predicted molar refractivity (Wildman–Crippen MR) is 88.1 cm³/mol. The molecule has 1 aliphatic heterocycles. The monoisotopic (exact) mass is 346 g/mol. The predicted octanol–water partition coefficient (Wildman–Crippen LogP) is 2.21. The smallest absolute Gasteiger partial charge is 0.248 e. The van der Waals surface area contributed by atoms with E-state index in [0.29, 0.717) is 5.56 Å². The van der Waals surface area contributed by atoms with Gasteiger partial charge < -0.3 is 0 Å². The standard InChI is InChI=1S/C17H15FN2O3S/c1-24(22,23)14-8-4-11(5-9-14)15-10-19-20-17(21)16(15)12-2-6-13(18)7-3-12/h2-10,15-16H,1H3,(H,20,21). The summed E-state index contributed by atoms with van der Waals surface area (Å²) in [6.45, 7) is 0. The molecule has 2 aromatic carbocycles. The largest absolute Gasteiger partial charge is 0.272 e. The number of sulfone groups is 1. The van der Waals surface area contributed by atoms with Crippen molar-refractivity contribution in [1.82, 2.24) is 5.43 Å². The zero-order valence-corrected chi connectivity index (χ0v) is 13.6. The minimum absolute atomic E-state index is 0.210. The van der Waals surface area contributed by atoms with E-state index in [1.54, 1.807) is 30.5 Å². The van der Waals surface area contributed by atoms with Crippen molar-refractivity contribution < 1.29 is 17.6 Å². The number of hydrogen-bond acceptors (Lipinski definition) is 4. The lowest BCUT2D eigenvalue weighted by molar-refractivity contribution is -0.123. The highest BCUT2D eigenvalue weighted by Crippen LogP contribution is 2.34. The average molecular weight is 346 g/mol. The molecule has 1 aliphatic rings. The fourth-order valence-corrected chi connectivity index (χ4v) is 3.37. The molecule has 124 valence electrons. The zero-order valence-electron chi connectivity index (χ0n) is 12.8. The van der Waals surface area contributed by atoms with Crippen molar-refractivity contribution >= 4 is 22.0 Å². The minimum atomic E-state index is -3.29. The molecule has 1 amide bonds. The molecule has 0 fully saturated rings. The summed E-state index contributed by atoms with van der Waals surface area (Å²) in [5.74, 6) is -1.59. The van der Waals surface area contributed by atoms with E-state index in [1.807, 2.05) is 0 Å². The van der Waals surface area contributed by atoms with E-state index >= 15 is 0 Å². The maximum Gasteiger partial charge on any atom is 0.248 e. The molecule has 0 radical (unpaired) electrons. The maximum atomic E-state index is 13.1. The molecule has 3 rings (SSSR count). The quantitative estimate of drug-likeness (QED) is 0.926. The van der Waals surface area contributed by atoms with Crippen molar-refractivity contribution in [3.05, 3.63) is 65.5 Å². The first-order valence-electron chi connectivity index (χ1n) is 7.25. The van der Waals surface area contributed by atoms with Gasteiger partial charge in [0.15, 0.2) is 9.84 Å². The van der Waals surface area contributed by atoms with Crippen LogP contribution >= 0.6 is 0 Å². The van der Waals surface area contributed by atoms with Gasteiger partial charge in [0.05, 0.1) is 10.8 Å². The Hall–Kier alpha value is -2.54. The Morgan fingerprint density at radius 1 is 1.00 bits per heavy atom. The van der Waals surface area contributed by atoms with Crippen LogP contribution in [0.1, 0.15) is 23.0 Å². The van der Waals surface area contributed by atoms with Gasteiger partial charge in [0.1, 0.15) is 5.82 Å². The van der Waals surface area contributed by atoms with Crippen molar-refractivity contribution in [2.24, 2.45) is 5.10 Å². The number of carbonyl (C=O) groups excluding carboxylic acids is 1. The van der Waals surface area contributed by atoms with Crippen LogP contribution in [0.3, 0.4) is 0 Å². The van der Waals surface area contributed by atoms with Crippen LogP contribution in [0.5, 0.6) is 0 Å². The minimum Gasteiger partial charge on any atom is -0.272 e. The molecule has 1 N–H and O–H groups in total. The second-order valence-electron chi connectivity index (χ2n) is 5.65. The second-order valence-corrected chi connectivity index (χ2v) is 7.67. The van der Waals surface area contributed by atoms with Gasteiger partial charge in [-0.15, -0.1) is 0 Å². The molecule has 5 nitrogen and oxygen atoms in total. The van der Waals surface area contributed by atoms with E-state index in [-0.39, 0.29) is 22.5 Å². The topological polar surface area (TPSA) is 75.6 Å². The van der Waals surface area contributed by atoms with Crippen LogP contribution in [0, 0.1) is 5.82 Å². The summed E-state index contributed by atoms with van der Waals surface area (Å²) in [5.41, 5.74) is 3.85. The van der Waals surface area contributed by atoms with Crippen LogP contribution in [-0.4, -0.2) is 26.8 Å². The summed E-state index contributed by atoms with van der Waals surface area (Å²) < 4.78 is 36.3. The number of carbonyl (C=O) groups is 1. The number of nitrogens with one attached hydrogen (secondary N) is 1. The molecule has 24 heavy (non-hydrogen) atoms. The molecule has 0 saturated heterocycles. The first-order valence-corrected chi connectivity index (χ1v) is 9.14. The summed E-state index contributed by atoms with van der Waals surface area (Å²) in [5, 5.41) is 3.86. The molecule has 2 atom stereocenters. The summed E-state index contributed by atoms with van der Waals surface area (Å²) in [7, 11) is -3.29. The summed E-state index contributed by atoms with van der Waals surface area (Å²) in [6, 6.07) is 12.1. The lowest BCUT2D eigenvalue weighted by atomic mass is 9.81. The van der Waals surface area contributed by atoms with Crippen LogP contribution in [0.15, 0.2) is 58.5 Å². The number of hydrazone groups is 1.